The fraction of sp³-hybridized carbons (Fsp3) is 0.895. The number of halogens is 1. The molecule has 2 saturated heterocycles. The van der Waals surface area contributed by atoms with Crippen molar-refractivity contribution in [2.75, 3.05) is 72.8 Å². The van der Waals surface area contributed by atoms with Crippen LogP contribution in [0.15, 0.2) is 4.99 Å². The molecule has 2 aliphatic heterocycles. The summed E-state index contributed by atoms with van der Waals surface area (Å²) in [5.41, 5.74) is 0. The molecule has 164 valence electrons. The van der Waals surface area contributed by atoms with Crippen molar-refractivity contribution in [3.05, 3.63) is 0 Å². The Morgan fingerprint density at radius 2 is 1.89 bits per heavy atom. The summed E-state index contributed by atoms with van der Waals surface area (Å²) in [6, 6.07) is 0. The van der Waals surface area contributed by atoms with Gasteiger partial charge in [0, 0.05) is 59.6 Å². The third kappa shape index (κ3) is 8.79. The van der Waals surface area contributed by atoms with Gasteiger partial charge in [-0.25, -0.2) is 0 Å². The summed E-state index contributed by atoms with van der Waals surface area (Å²) in [6.07, 6.45) is 3.63. The highest BCUT2D eigenvalue weighted by molar-refractivity contribution is 14.0. The minimum absolute atomic E-state index is 0. The number of aliphatic imine (C=N–C) groups is 1. The molecule has 0 bridgehead atoms. The average Bonchev–Trinajstić information content (AvgIpc) is 3.23. The smallest absolute Gasteiger partial charge is 0.251 e. The second kappa shape index (κ2) is 15.2. The molecule has 2 rings (SSSR count). The molecule has 0 saturated carbocycles. The van der Waals surface area contributed by atoms with Crippen LogP contribution in [0.25, 0.3) is 0 Å². The maximum absolute atomic E-state index is 12.5. The molecule has 1 amide bonds. The van der Waals surface area contributed by atoms with Gasteiger partial charge in [0.05, 0.1) is 13.2 Å². The van der Waals surface area contributed by atoms with Gasteiger partial charge in [0.25, 0.3) is 5.91 Å². The number of carbonyl (C=O) groups excluding carboxylic acids is 1. The second-order valence-corrected chi connectivity index (χ2v) is 6.86. The van der Waals surface area contributed by atoms with Crippen LogP contribution < -0.4 is 5.32 Å². The number of amides is 1. The fourth-order valence-electron chi connectivity index (χ4n) is 3.29. The zero-order chi connectivity index (χ0) is 19.3. The van der Waals surface area contributed by atoms with Gasteiger partial charge in [0.15, 0.2) is 5.96 Å². The van der Waals surface area contributed by atoms with Gasteiger partial charge in [-0.3, -0.25) is 9.79 Å². The molecule has 0 aromatic carbocycles. The summed E-state index contributed by atoms with van der Waals surface area (Å²) >= 11 is 0. The van der Waals surface area contributed by atoms with E-state index in [1.165, 1.54) is 0 Å². The van der Waals surface area contributed by atoms with Gasteiger partial charge in [-0.05, 0) is 32.6 Å². The van der Waals surface area contributed by atoms with Crippen LogP contribution in [0.5, 0.6) is 0 Å². The lowest BCUT2D eigenvalue weighted by Gasteiger charge is -2.37. The van der Waals surface area contributed by atoms with E-state index in [2.05, 4.69) is 17.1 Å². The van der Waals surface area contributed by atoms with Crippen LogP contribution in [0, 0.1) is 0 Å². The van der Waals surface area contributed by atoms with Crippen LogP contribution in [0.2, 0.25) is 0 Å². The maximum Gasteiger partial charge on any atom is 0.251 e. The molecule has 1 atom stereocenters. The molecule has 0 aromatic heterocycles. The van der Waals surface area contributed by atoms with Crippen molar-refractivity contribution in [3.8, 4) is 0 Å². The van der Waals surface area contributed by atoms with Gasteiger partial charge in [-0.2, -0.15) is 0 Å². The van der Waals surface area contributed by atoms with Crippen molar-refractivity contribution < 1.29 is 19.0 Å². The number of nitrogens with one attached hydrogen (secondary N) is 1. The number of ether oxygens (including phenoxy) is 3. The summed E-state index contributed by atoms with van der Waals surface area (Å²) in [6.45, 7) is 9.54. The number of carbonyl (C=O) groups is 1. The van der Waals surface area contributed by atoms with E-state index in [4.69, 9.17) is 19.2 Å². The molecule has 28 heavy (non-hydrogen) atoms. The third-order valence-corrected chi connectivity index (χ3v) is 4.82. The summed E-state index contributed by atoms with van der Waals surface area (Å²) in [4.78, 5) is 21.4. The van der Waals surface area contributed by atoms with Crippen molar-refractivity contribution in [1.82, 2.24) is 15.1 Å². The minimum atomic E-state index is -0.218. The molecular weight excluding hydrogens is 475 g/mol. The molecule has 2 aliphatic rings. The van der Waals surface area contributed by atoms with Crippen molar-refractivity contribution in [1.29, 1.82) is 0 Å². The standard InChI is InChI=1S/C19H36N4O4.HI/c1-3-20-19(21-8-4-5-13-26-16-15-25-2)23-11-9-22(10-12-23)18(24)17-7-6-14-27-17;/h17H,3-16H2,1-2H3,(H,20,21);1H. The molecule has 9 heteroatoms. The molecule has 0 spiro atoms. The van der Waals surface area contributed by atoms with Crippen LogP contribution >= 0.6 is 24.0 Å². The number of hydrogen-bond acceptors (Lipinski definition) is 5. The van der Waals surface area contributed by atoms with Gasteiger partial charge < -0.3 is 29.3 Å². The van der Waals surface area contributed by atoms with E-state index in [1.54, 1.807) is 7.11 Å². The Kier molecular flexibility index (Phi) is 13.8. The van der Waals surface area contributed by atoms with Gasteiger partial charge in [-0.15, -0.1) is 24.0 Å². The summed E-state index contributed by atoms with van der Waals surface area (Å²) < 4.78 is 16.0. The molecule has 2 fully saturated rings. The number of hydrogen-bond donors (Lipinski definition) is 1. The lowest BCUT2D eigenvalue weighted by Crippen LogP contribution is -2.55. The van der Waals surface area contributed by atoms with Crippen LogP contribution in [0.3, 0.4) is 0 Å². The normalized spacial score (nSPS) is 20.2. The Balaban J connectivity index is 0.00000392. The number of unbranched alkanes of at least 4 members (excludes halogenated alkanes) is 1. The predicted octanol–water partition coefficient (Wildman–Crippen LogP) is 1.34. The Hall–Kier alpha value is -0.650. The Morgan fingerprint density at radius 1 is 1.14 bits per heavy atom. The molecule has 1 N–H and O–H groups in total. The Morgan fingerprint density at radius 3 is 2.54 bits per heavy atom. The molecule has 1 unspecified atom stereocenters. The zero-order valence-electron chi connectivity index (χ0n) is 17.4. The van der Waals surface area contributed by atoms with Crippen LogP contribution in [0.4, 0.5) is 0 Å². The van der Waals surface area contributed by atoms with Crippen molar-refractivity contribution >= 4 is 35.8 Å². The lowest BCUT2D eigenvalue weighted by molar-refractivity contribution is -0.142. The molecule has 0 radical (unpaired) electrons. The minimum Gasteiger partial charge on any atom is -0.382 e. The van der Waals surface area contributed by atoms with E-state index in [1.807, 2.05) is 4.90 Å². The highest BCUT2D eigenvalue weighted by atomic mass is 127. The third-order valence-electron chi connectivity index (χ3n) is 4.82. The first-order valence-electron chi connectivity index (χ1n) is 10.3. The highest BCUT2D eigenvalue weighted by Gasteiger charge is 2.30. The highest BCUT2D eigenvalue weighted by Crippen LogP contribution is 2.16. The SMILES string of the molecule is CCNC(=NCCCCOCCOC)N1CCN(C(=O)C2CCCO2)CC1.I. The quantitative estimate of drug-likeness (QED) is 0.206. The van der Waals surface area contributed by atoms with Crippen LogP contribution in [-0.4, -0.2) is 101 Å². The van der Waals surface area contributed by atoms with Crippen molar-refractivity contribution in [3.63, 3.8) is 0 Å². The fourth-order valence-corrected chi connectivity index (χ4v) is 3.29. The Labute approximate surface area is 186 Å². The first-order chi connectivity index (χ1) is 13.3. The second-order valence-electron chi connectivity index (χ2n) is 6.86. The first kappa shape index (κ1) is 25.4. The zero-order valence-corrected chi connectivity index (χ0v) is 19.7. The van der Waals surface area contributed by atoms with E-state index in [0.717, 1.165) is 77.5 Å². The Bertz CT molecular complexity index is 453. The molecule has 0 aliphatic carbocycles. The van der Waals surface area contributed by atoms with Crippen molar-refractivity contribution in [2.45, 2.75) is 38.7 Å². The number of nitrogens with zero attached hydrogens (tertiary/aromatic N) is 3. The van der Waals surface area contributed by atoms with E-state index >= 15 is 0 Å². The van der Waals surface area contributed by atoms with Gasteiger partial charge in [0.1, 0.15) is 6.10 Å². The molecule has 8 nitrogen and oxygen atoms in total. The topological polar surface area (TPSA) is 75.6 Å². The number of piperazine rings is 1. The van der Waals surface area contributed by atoms with Crippen molar-refractivity contribution in [2.24, 2.45) is 4.99 Å². The van der Waals surface area contributed by atoms with E-state index < -0.39 is 0 Å². The predicted molar refractivity (Wildman–Crippen MR) is 120 cm³/mol. The molecular formula is C19H37IN4O4. The number of guanidine groups is 1. The van der Waals surface area contributed by atoms with E-state index in [9.17, 15) is 4.79 Å². The van der Waals surface area contributed by atoms with Gasteiger partial charge in [0.2, 0.25) is 0 Å². The van der Waals surface area contributed by atoms with Crippen LogP contribution in [-0.2, 0) is 19.0 Å². The van der Waals surface area contributed by atoms with E-state index in [0.29, 0.717) is 19.8 Å². The summed E-state index contributed by atoms with van der Waals surface area (Å²) in [7, 11) is 1.68. The largest absolute Gasteiger partial charge is 0.382 e. The summed E-state index contributed by atoms with van der Waals surface area (Å²) in [5.74, 6) is 1.10. The number of rotatable bonds is 10. The monoisotopic (exact) mass is 512 g/mol. The molecule has 2 heterocycles. The maximum atomic E-state index is 12.5. The van der Waals surface area contributed by atoms with Crippen LogP contribution in [0.1, 0.15) is 32.6 Å². The van der Waals surface area contributed by atoms with Gasteiger partial charge >= 0.3 is 0 Å². The van der Waals surface area contributed by atoms with E-state index in [-0.39, 0.29) is 36.0 Å². The molecule has 0 aromatic rings. The average molecular weight is 512 g/mol. The number of methoxy groups -OCH3 is 1. The van der Waals surface area contributed by atoms with Gasteiger partial charge in [-0.1, -0.05) is 0 Å². The summed E-state index contributed by atoms with van der Waals surface area (Å²) in [5, 5.41) is 3.37. The lowest BCUT2D eigenvalue weighted by atomic mass is 10.2. The first-order valence-corrected chi connectivity index (χ1v) is 10.3.